The van der Waals surface area contributed by atoms with E-state index in [1.54, 1.807) is 24.5 Å². The van der Waals surface area contributed by atoms with Gasteiger partial charge < -0.3 is 0 Å². The lowest BCUT2D eigenvalue weighted by Gasteiger charge is -2.16. The van der Waals surface area contributed by atoms with E-state index in [1.807, 2.05) is 0 Å². The number of hydrogen-bond acceptors (Lipinski definition) is 4. The summed E-state index contributed by atoms with van der Waals surface area (Å²) in [7, 11) is 0. The lowest BCUT2D eigenvalue weighted by molar-refractivity contribution is 0.527. The van der Waals surface area contributed by atoms with Gasteiger partial charge in [-0.2, -0.15) is 10.2 Å². The lowest BCUT2D eigenvalue weighted by Crippen LogP contribution is -2.30. The minimum atomic E-state index is -0.304. The first-order valence-electron chi connectivity index (χ1n) is 5.37. The molecule has 18 heavy (non-hydrogen) atoms. The van der Waals surface area contributed by atoms with E-state index in [1.165, 1.54) is 12.1 Å². The fourth-order valence-corrected chi connectivity index (χ4v) is 1.89. The Balaban J connectivity index is 2.23. The molecule has 0 bridgehead atoms. The Labute approximate surface area is 109 Å². The molecule has 4 nitrogen and oxygen atoms in total. The SMILES string of the molecule is NNC(Cc1cc(Cl)ccc1F)c1ccnnc1. The second-order valence-corrected chi connectivity index (χ2v) is 4.27. The van der Waals surface area contributed by atoms with Gasteiger partial charge in [-0.05, 0) is 41.8 Å². The number of hydrogen-bond donors (Lipinski definition) is 2. The number of benzene rings is 1. The van der Waals surface area contributed by atoms with Gasteiger partial charge in [-0.15, -0.1) is 0 Å². The number of halogens is 2. The number of nitrogens with zero attached hydrogens (tertiary/aromatic N) is 2. The summed E-state index contributed by atoms with van der Waals surface area (Å²) in [6.07, 6.45) is 3.54. The van der Waals surface area contributed by atoms with Crippen LogP contribution in [-0.4, -0.2) is 10.2 Å². The van der Waals surface area contributed by atoms with Crippen molar-refractivity contribution in [1.82, 2.24) is 15.6 Å². The van der Waals surface area contributed by atoms with Crippen molar-refractivity contribution < 1.29 is 4.39 Å². The molecule has 0 aliphatic carbocycles. The molecule has 0 saturated carbocycles. The van der Waals surface area contributed by atoms with E-state index in [0.29, 0.717) is 17.0 Å². The second kappa shape index (κ2) is 5.86. The van der Waals surface area contributed by atoms with Crippen molar-refractivity contribution in [2.75, 3.05) is 0 Å². The Bertz CT molecular complexity index is 521. The second-order valence-electron chi connectivity index (χ2n) is 3.83. The largest absolute Gasteiger partial charge is 0.271 e. The van der Waals surface area contributed by atoms with Gasteiger partial charge in [0.15, 0.2) is 0 Å². The molecular formula is C12H12ClFN4. The molecule has 0 aliphatic heterocycles. The maximum Gasteiger partial charge on any atom is 0.126 e. The van der Waals surface area contributed by atoms with Gasteiger partial charge in [-0.1, -0.05) is 11.6 Å². The third kappa shape index (κ3) is 3.01. The van der Waals surface area contributed by atoms with Crippen LogP contribution >= 0.6 is 11.6 Å². The third-order valence-electron chi connectivity index (χ3n) is 2.64. The average molecular weight is 267 g/mol. The summed E-state index contributed by atoms with van der Waals surface area (Å²) in [5.41, 5.74) is 3.98. The standard InChI is InChI=1S/C12H12ClFN4/c13-10-1-2-11(14)9(5-10)6-12(18-15)8-3-4-16-17-7-8/h1-5,7,12,18H,6,15H2. The van der Waals surface area contributed by atoms with Gasteiger partial charge in [0, 0.05) is 11.2 Å². The molecule has 94 valence electrons. The van der Waals surface area contributed by atoms with E-state index >= 15 is 0 Å². The van der Waals surface area contributed by atoms with Crippen molar-refractivity contribution in [3.63, 3.8) is 0 Å². The molecule has 0 amide bonds. The quantitative estimate of drug-likeness (QED) is 0.656. The van der Waals surface area contributed by atoms with Crippen LogP contribution in [0.5, 0.6) is 0 Å². The molecule has 1 atom stereocenters. The summed E-state index contributed by atoms with van der Waals surface area (Å²) in [5.74, 6) is 5.18. The van der Waals surface area contributed by atoms with Gasteiger partial charge in [0.25, 0.3) is 0 Å². The molecule has 0 saturated heterocycles. The van der Waals surface area contributed by atoms with Crippen molar-refractivity contribution in [3.05, 3.63) is 58.6 Å². The molecule has 1 aromatic carbocycles. The summed E-state index contributed by atoms with van der Waals surface area (Å²) in [5, 5.41) is 7.95. The predicted octanol–water partition coefficient (Wildman–Crippen LogP) is 2.02. The van der Waals surface area contributed by atoms with Crippen LogP contribution < -0.4 is 11.3 Å². The number of rotatable bonds is 4. The van der Waals surface area contributed by atoms with E-state index in [0.717, 1.165) is 5.56 Å². The van der Waals surface area contributed by atoms with Crippen molar-refractivity contribution in [2.45, 2.75) is 12.5 Å². The van der Waals surface area contributed by atoms with Crippen LogP contribution in [0, 0.1) is 5.82 Å². The monoisotopic (exact) mass is 266 g/mol. The Kier molecular flexibility index (Phi) is 4.19. The summed E-state index contributed by atoms with van der Waals surface area (Å²) < 4.78 is 13.6. The first kappa shape index (κ1) is 12.9. The van der Waals surface area contributed by atoms with Gasteiger partial charge >= 0.3 is 0 Å². The molecule has 3 N–H and O–H groups in total. The van der Waals surface area contributed by atoms with Crippen molar-refractivity contribution in [2.24, 2.45) is 5.84 Å². The highest BCUT2D eigenvalue weighted by atomic mass is 35.5. The zero-order valence-corrected chi connectivity index (χ0v) is 10.2. The van der Waals surface area contributed by atoms with Crippen molar-refractivity contribution >= 4 is 11.6 Å². The fraction of sp³-hybridized carbons (Fsp3) is 0.167. The first-order valence-corrected chi connectivity index (χ1v) is 5.75. The van der Waals surface area contributed by atoms with Crippen molar-refractivity contribution in [1.29, 1.82) is 0 Å². The molecule has 0 spiro atoms. The molecule has 2 rings (SSSR count). The van der Waals surface area contributed by atoms with Crippen LogP contribution in [0.1, 0.15) is 17.2 Å². The zero-order chi connectivity index (χ0) is 13.0. The summed E-state index contributed by atoms with van der Waals surface area (Å²) in [4.78, 5) is 0. The first-order chi connectivity index (χ1) is 8.70. The van der Waals surface area contributed by atoms with Crippen LogP contribution in [0.4, 0.5) is 4.39 Å². The van der Waals surface area contributed by atoms with Crippen LogP contribution in [0.3, 0.4) is 0 Å². The molecule has 0 fully saturated rings. The van der Waals surface area contributed by atoms with Gasteiger partial charge in [0.1, 0.15) is 5.82 Å². The van der Waals surface area contributed by atoms with Gasteiger partial charge in [-0.25, -0.2) is 4.39 Å². The topological polar surface area (TPSA) is 63.8 Å². The number of aromatic nitrogens is 2. The summed E-state index contributed by atoms with van der Waals surface area (Å²) in [6, 6.07) is 5.99. The molecule has 1 heterocycles. The lowest BCUT2D eigenvalue weighted by atomic mass is 10.0. The summed E-state index contributed by atoms with van der Waals surface area (Å²) in [6.45, 7) is 0. The van der Waals surface area contributed by atoms with E-state index in [-0.39, 0.29) is 11.9 Å². The summed E-state index contributed by atoms with van der Waals surface area (Å²) >= 11 is 5.85. The van der Waals surface area contributed by atoms with Crippen LogP contribution in [-0.2, 0) is 6.42 Å². The number of nitrogens with one attached hydrogen (secondary N) is 1. The Morgan fingerprint density at radius 2 is 2.17 bits per heavy atom. The van der Waals surface area contributed by atoms with Crippen LogP contribution in [0.2, 0.25) is 5.02 Å². The average Bonchev–Trinajstić information content (AvgIpc) is 2.41. The highest BCUT2D eigenvalue weighted by molar-refractivity contribution is 6.30. The predicted molar refractivity (Wildman–Crippen MR) is 67.2 cm³/mol. The Morgan fingerprint density at radius 1 is 1.33 bits per heavy atom. The maximum absolute atomic E-state index is 13.6. The molecule has 0 radical (unpaired) electrons. The van der Waals surface area contributed by atoms with Crippen LogP contribution in [0.15, 0.2) is 36.7 Å². The normalized spacial score (nSPS) is 12.4. The number of nitrogens with two attached hydrogens (primary N) is 1. The minimum Gasteiger partial charge on any atom is -0.271 e. The van der Waals surface area contributed by atoms with Crippen molar-refractivity contribution in [3.8, 4) is 0 Å². The molecule has 1 unspecified atom stereocenters. The molecule has 1 aromatic heterocycles. The zero-order valence-electron chi connectivity index (χ0n) is 9.48. The third-order valence-corrected chi connectivity index (χ3v) is 2.88. The van der Waals surface area contributed by atoms with E-state index < -0.39 is 0 Å². The highest BCUT2D eigenvalue weighted by Crippen LogP contribution is 2.21. The van der Waals surface area contributed by atoms with Gasteiger partial charge in [-0.3, -0.25) is 11.3 Å². The molecule has 6 heteroatoms. The van der Waals surface area contributed by atoms with Gasteiger partial charge in [0.05, 0.1) is 12.2 Å². The van der Waals surface area contributed by atoms with Crippen LogP contribution in [0.25, 0.3) is 0 Å². The Hall–Kier alpha value is -1.56. The Morgan fingerprint density at radius 3 is 2.83 bits per heavy atom. The van der Waals surface area contributed by atoms with E-state index in [4.69, 9.17) is 17.4 Å². The number of hydrazine groups is 1. The molecule has 2 aromatic rings. The van der Waals surface area contributed by atoms with E-state index in [2.05, 4.69) is 15.6 Å². The van der Waals surface area contributed by atoms with Gasteiger partial charge in [0.2, 0.25) is 0 Å². The fourth-order valence-electron chi connectivity index (χ4n) is 1.70. The van der Waals surface area contributed by atoms with E-state index in [9.17, 15) is 4.39 Å². The highest BCUT2D eigenvalue weighted by Gasteiger charge is 2.13. The smallest absolute Gasteiger partial charge is 0.126 e. The molecular weight excluding hydrogens is 255 g/mol. The maximum atomic E-state index is 13.6. The molecule has 0 aliphatic rings. The minimum absolute atomic E-state index is 0.242.